The lowest BCUT2D eigenvalue weighted by atomic mass is 10.3. The zero-order chi connectivity index (χ0) is 13.0. The first-order valence-corrected chi connectivity index (χ1v) is 5.85. The Labute approximate surface area is 105 Å². The molecule has 2 aromatic rings. The lowest BCUT2D eigenvalue weighted by molar-refractivity contribution is -0.785. The quantitative estimate of drug-likeness (QED) is 0.770. The summed E-state index contributed by atoms with van der Waals surface area (Å²) in [4.78, 5) is 4.03. The molecule has 6 heteroatoms. The molecule has 0 aromatic carbocycles. The van der Waals surface area contributed by atoms with Crippen LogP contribution in [0.2, 0.25) is 0 Å². The van der Waals surface area contributed by atoms with Crippen molar-refractivity contribution in [1.29, 1.82) is 0 Å². The van der Waals surface area contributed by atoms with Crippen molar-refractivity contribution >= 4 is 0 Å². The highest BCUT2D eigenvalue weighted by molar-refractivity contribution is 5.08. The molecule has 0 radical (unpaired) electrons. The summed E-state index contributed by atoms with van der Waals surface area (Å²) in [6.45, 7) is 4.98. The van der Waals surface area contributed by atoms with Gasteiger partial charge >= 0.3 is 0 Å². The normalized spacial score (nSPS) is 11.1. The number of hydrogen-bond acceptors (Lipinski definition) is 5. The number of rotatable bonds is 5. The lowest BCUT2D eigenvalue weighted by Crippen LogP contribution is -2.43. The number of hydrogen-bond donors (Lipinski definition) is 1. The fraction of sp³-hybridized carbons (Fsp3) is 0.417. The maximum Gasteiger partial charge on any atom is 0.247 e. The van der Waals surface area contributed by atoms with Crippen LogP contribution in [0.5, 0.6) is 5.95 Å². The van der Waals surface area contributed by atoms with Gasteiger partial charge in [0.1, 0.15) is 0 Å². The molecule has 0 saturated carbocycles. The summed E-state index contributed by atoms with van der Waals surface area (Å²) < 4.78 is 6.26. The smallest absolute Gasteiger partial charge is 0.247 e. The van der Waals surface area contributed by atoms with E-state index < -0.39 is 0 Å². The predicted octanol–water partition coefficient (Wildman–Crippen LogP) is 0.301. The maximum atomic E-state index is 11.5. The second-order valence-electron chi connectivity index (χ2n) is 4.31. The highest BCUT2D eigenvalue weighted by atomic mass is 16.6. The molecule has 2 heterocycles. The van der Waals surface area contributed by atoms with Crippen LogP contribution in [0.25, 0.3) is 0 Å². The molecule has 96 valence electrons. The largest absolute Gasteiger partial charge is 0.539 e. The van der Waals surface area contributed by atoms with E-state index in [1.54, 1.807) is 17.1 Å². The number of nitrogens with one attached hydrogen (secondary N) is 1. The molecule has 0 aliphatic rings. The SMILES string of the molecule is CC(C)[n+]1noc([O-])c1CNCc1cccnc1. The van der Waals surface area contributed by atoms with E-state index in [-0.39, 0.29) is 12.0 Å². The van der Waals surface area contributed by atoms with Gasteiger partial charge in [-0.05, 0) is 25.5 Å². The summed E-state index contributed by atoms with van der Waals surface area (Å²) in [5.74, 6) is -0.387. The Bertz CT molecular complexity index is 496. The Hall–Kier alpha value is -1.95. The predicted molar refractivity (Wildman–Crippen MR) is 61.3 cm³/mol. The van der Waals surface area contributed by atoms with Crippen molar-refractivity contribution in [2.75, 3.05) is 0 Å². The first-order chi connectivity index (χ1) is 8.68. The molecule has 0 aliphatic heterocycles. The van der Waals surface area contributed by atoms with Crippen molar-refractivity contribution in [1.82, 2.24) is 15.6 Å². The molecule has 0 atom stereocenters. The maximum absolute atomic E-state index is 11.5. The molecule has 0 bridgehead atoms. The summed E-state index contributed by atoms with van der Waals surface area (Å²) in [6, 6.07) is 3.96. The summed E-state index contributed by atoms with van der Waals surface area (Å²) in [5, 5.41) is 18.4. The van der Waals surface area contributed by atoms with Crippen molar-refractivity contribution in [2.24, 2.45) is 0 Å². The number of aromatic nitrogens is 3. The topological polar surface area (TPSA) is 77.9 Å². The van der Waals surface area contributed by atoms with Crippen molar-refractivity contribution < 1.29 is 14.3 Å². The van der Waals surface area contributed by atoms with Gasteiger partial charge in [-0.2, -0.15) is 0 Å². The van der Waals surface area contributed by atoms with Crippen molar-refractivity contribution in [2.45, 2.75) is 33.0 Å². The van der Waals surface area contributed by atoms with Gasteiger partial charge in [0.25, 0.3) is 0 Å². The van der Waals surface area contributed by atoms with E-state index in [4.69, 9.17) is 0 Å². The van der Waals surface area contributed by atoms with Crippen LogP contribution in [0.1, 0.15) is 31.1 Å². The van der Waals surface area contributed by atoms with Crippen LogP contribution in [0.4, 0.5) is 0 Å². The second kappa shape index (κ2) is 5.59. The summed E-state index contributed by atoms with van der Waals surface area (Å²) in [5.41, 5.74) is 1.60. The Morgan fingerprint density at radius 1 is 1.44 bits per heavy atom. The van der Waals surface area contributed by atoms with E-state index in [1.807, 2.05) is 26.0 Å². The van der Waals surface area contributed by atoms with Crippen LogP contribution >= 0.6 is 0 Å². The summed E-state index contributed by atoms with van der Waals surface area (Å²) in [7, 11) is 0. The highest BCUT2D eigenvalue weighted by Crippen LogP contribution is 2.09. The Morgan fingerprint density at radius 3 is 2.94 bits per heavy atom. The van der Waals surface area contributed by atoms with E-state index in [0.717, 1.165) is 5.56 Å². The standard InChI is InChI=1S/C12H16N4O2/c1-9(2)16-11(12(17)18-15-16)8-14-7-10-4-3-5-13-6-10/h3-6,9,14H,7-8H2,1-2H3. The molecule has 0 saturated heterocycles. The second-order valence-corrected chi connectivity index (χ2v) is 4.31. The van der Waals surface area contributed by atoms with Crippen LogP contribution in [-0.4, -0.2) is 10.3 Å². The van der Waals surface area contributed by atoms with E-state index in [9.17, 15) is 5.11 Å². The van der Waals surface area contributed by atoms with E-state index >= 15 is 0 Å². The molecule has 6 nitrogen and oxygen atoms in total. The first kappa shape index (κ1) is 12.5. The van der Waals surface area contributed by atoms with E-state index in [1.165, 1.54) is 0 Å². The van der Waals surface area contributed by atoms with Crippen LogP contribution < -0.4 is 15.1 Å². The third-order valence-electron chi connectivity index (χ3n) is 2.56. The average molecular weight is 248 g/mol. The Kier molecular flexibility index (Phi) is 3.88. The van der Waals surface area contributed by atoms with Gasteiger partial charge in [0.15, 0.2) is 12.0 Å². The molecule has 0 unspecified atom stereocenters. The van der Waals surface area contributed by atoms with Gasteiger partial charge < -0.3 is 14.9 Å². The molecule has 0 spiro atoms. The van der Waals surface area contributed by atoms with Crippen LogP contribution in [0.3, 0.4) is 0 Å². The molecule has 18 heavy (non-hydrogen) atoms. The zero-order valence-corrected chi connectivity index (χ0v) is 10.5. The van der Waals surface area contributed by atoms with Crippen molar-refractivity contribution in [3.63, 3.8) is 0 Å². The molecule has 2 aromatic heterocycles. The van der Waals surface area contributed by atoms with E-state index in [2.05, 4.69) is 20.1 Å². The minimum Gasteiger partial charge on any atom is -0.539 e. The average Bonchev–Trinajstić information content (AvgIpc) is 2.73. The molecular formula is C12H16N4O2. The van der Waals surface area contributed by atoms with Crippen molar-refractivity contribution in [3.05, 3.63) is 35.8 Å². The summed E-state index contributed by atoms with van der Waals surface area (Å²) in [6.07, 6.45) is 3.52. The van der Waals surface area contributed by atoms with Crippen LogP contribution in [0.15, 0.2) is 29.0 Å². The van der Waals surface area contributed by atoms with Gasteiger partial charge in [0, 0.05) is 18.9 Å². The van der Waals surface area contributed by atoms with Crippen LogP contribution in [-0.2, 0) is 13.1 Å². The van der Waals surface area contributed by atoms with E-state index in [0.29, 0.717) is 18.8 Å². The van der Waals surface area contributed by atoms with Gasteiger partial charge in [0.2, 0.25) is 5.69 Å². The van der Waals surface area contributed by atoms with Gasteiger partial charge in [-0.3, -0.25) is 4.98 Å². The molecule has 1 N–H and O–H groups in total. The molecule has 2 rings (SSSR count). The lowest BCUT2D eigenvalue weighted by Gasteiger charge is -2.03. The minimum absolute atomic E-state index is 0.103. The first-order valence-electron chi connectivity index (χ1n) is 5.85. The highest BCUT2D eigenvalue weighted by Gasteiger charge is 2.19. The third kappa shape index (κ3) is 2.84. The third-order valence-corrected chi connectivity index (χ3v) is 2.56. The zero-order valence-electron chi connectivity index (χ0n) is 10.5. The molecule has 0 aliphatic carbocycles. The fourth-order valence-electron chi connectivity index (χ4n) is 1.66. The van der Waals surface area contributed by atoms with Gasteiger partial charge in [-0.1, -0.05) is 10.7 Å². The molecular weight excluding hydrogens is 232 g/mol. The van der Waals surface area contributed by atoms with Gasteiger partial charge in [-0.25, -0.2) is 0 Å². The summed E-state index contributed by atoms with van der Waals surface area (Å²) >= 11 is 0. The Balaban J connectivity index is 1.96. The number of nitrogens with zero attached hydrogens (tertiary/aromatic N) is 3. The minimum atomic E-state index is -0.387. The monoisotopic (exact) mass is 248 g/mol. The Morgan fingerprint density at radius 2 is 2.28 bits per heavy atom. The van der Waals surface area contributed by atoms with Crippen molar-refractivity contribution in [3.8, 4) is 5.95 Å². The van der Waals surface area contributed by atoms with Gasteiger partial charge in [0.05, 0.1) is 11.8 Å². The molecule has 0 amide bonds. The van der Waals surface area contributed by atoms with Gasteiger partial charge in [-0.15, -0.1) is 0 Å². The number of pyridine rings is 1. The van der Waals surface area contributed by atoms with Crippen LogP contribution in [0, 0.1) is 0 Å². The molecule has 0 fully saturated rings. The fourth-order valence-corrected chi connectivity index (χ4v) is 1.66.